The van der Waals surface area contributed by atoms with Gasteiger partial charge in [0, 0.05) is 43.1 Å². The van der Waals surface area contributed by atoms with E-state index >= 15 is 0 Å². The minimum atomic E-state index is 0.205. The van der Waals surface area contributed by atoms with Crippen LogP contribution in [-0.2, 0) is 9.53 Å². The van der Waals surface area contributed by atoms with Crippen molar-refractivity contribution in [1.82, 2.24) is 15.0 Å². The molecule has 7 heteroatoms. The Balaban J connectivity index is 1.59. The second-order valence-electron chi connectivity index (χ2n) is 7.33. The summed E-state index contributed by atoms with van der Waals surface area (Å²) >= 11 is 0. The average Bonchev–Trinajstić information content (AvgIpc) is 2.69. The van der Waals surface area contributed by atoms with Crippen molar-refractivity contribution in [3.05, 3.63) is 18.0 Å². The van der Waals surface area contributed by atoms with Crippen LogP contribution < -0.4 is 11.1 Å². The molecule has 2 aromatic rings. The zero-order chi connectivity index (χ0) is 17.9. The summed E-state index contributed by atoms with van der Waals surface area (Å²) in [4.78, 5) is 24.5. The minimum absolute atomic E-state index is 0.205. The molecule has 1 saturated heterocycles. The predicted molar refractivity (Wildman–Crippen MR) is 100.0 cm³/mol. The fourth-order valence-electron chi connectivity index (χ4n) is 4.02. The summed E-state index contributed by atoms with van der Waals surface area (Å²) in [5.74, 6) is 1.70. The molecule has 2 aliphatic rings. The van der Waals surface area contributed by atoms with E-state index in [1.807, 2.05) is 6.20 Å². The van der Waals surface area contributed by atoms with Gasteiger partial charge in [-0.25, -0.2) is 15.0 Å². The van der Waals surface area contributed by atoms with Crippen LogP contribution in [0.2, 0.25) is 0 Å². The third-order valence-electron chi connectivity index (χ3n) is 5.64. The van der Waals surface area contributed by atoms with Gasteiger partial charge in [0.15, 0.2) is 0 Å². The largest absolute Gasteiger partial charge is 0.383 e. The van der Waals surface area contributed by atoms with E-state index in [0.29, 0.717) is 23.7 Å². The maximum atomic E-state index is 10.9. The van der Waals surface area contributed by atoms with Crippen molar-refractivity contribution in [2.24, 2.45) is 5.92 Å². The first kappa shape index (κ1) is 17.1. The number of nitrogens with zero attached hydrogens (tertiary/aromatic N) is 3. The Morgan fingerprint density at radius 3 is 2.58 bits per heavy atom. The third kappa shape index (κ3) is 3.49. The first-order valence-electron chi connectivity index (χ1n) is 9.45. The van der Waals surface area contributed by atoms with Crippen LogP contribution in [0.5, 0.6) is 0 Å². The number of nitrogens with two attached hydrogens (primary N) is 1. The molecule has 7 nitrogen and oxygen atoms in total. The minimum Gasteiger partial charge on any atom is -0.383 e. The number of rotatable bonds is 4. The van der Waals surface area contributed by atoms with Gasteiger partial charge in [-0.05, 0) is 44.4 Å². The Morgan fingerprint density at radius 2 is 1.85 bits per heavy atom. The van der Waals surface area contributed by atoms with Crippen molar-refractivity contribution in [2.75, 3.05) is 24.3 Å². The Bertz CT molecular complexity index is 783. The highest BCUT2D eigenvalue weighted by atomic mass is 16.5. The van der Waals surface area contributed by atoms with E-state index < -0.39 is 0 Å². The van der Waals surface area contributed by atoms with Gasteiger partial charge in [-0.3, -0.25) is 0 Å². The normalized spacial score (nSPS) is 24.5. The monoisotopic (exact) mass is 355 g/mol. The van der Waals surface area contributed by atoms with Gasteiger partial charge in [-0.1, -0.05) is 0 Å². The first-order chi connectivity index (χ1) is 12.7. The fourth-order valence-corrected chi connectivity index (χ4v) is 4.02. The molecular weight excluding hydrogens is 330 g/mol. The molecule has 1 aliphatic heterocycles. The zero-order valence-electron chi connectivity index (χ0n) is 14.9. The molecule has 1 saturated carbocycles. The summed E-state index contributed by atoms with van der Waals surface area (Å²) in [6.45, 7) is 1.54. The Morgan fingerprint density at radius 1 is 1.08 bits per heavy atom. The number of pyridine rings is 1. The Kier molecular flexibility index (Phi) is 4.97. The van der Waals surface area contributed by atoms with Gasteiger partial charge in [0.2, 0.25) is 5.95 Å². The molecule has 138 valence electrons. The van der Waals surface area contributed by atoms with Gasteiger partial charge < -0.3 is 20.6 Å². The lowest BCUT2D eigenvalue weighted by molar-refractivity contribution is -0.111. The summed E-state index contributed by atoms with van der Waals surface area (Å²) in [5.41, 5.74) is 8.07. The summed E-state index contributed by atoms with van der Waals surface area (Å²) < 4.78 is 5.48. The van der Waals surface area contributed by atoms with Crippen LogP contribution in [-0.4, -0.2) is 40.5 Å². The van der Waals surface area contributed by atoms with Crippen LogP contribution in [0.15, 0.2) is 12.4 Å². The zero-order valence-corrected chi connectivity index (χ0v) is 14.9. The number of aldehydes is 1. The van der Waals surface area contributed by atoms with Gasteiger partial charge in [-0.2, -0.15) is 0 Å². The molecule has 3 heterocycles. The van der Waals surface area contributed by atoms with E-state index in [1.54, 1.807) is 6.20 Å². The van der Waals surface area contributed by atoms with E-state index in [9.17, 15) is 4.79 Å². The van der Waals surface area contributed by atoms with E-state index in [1.165, 1.54) is 0 Å². The molecule has 0 atom stereocenters. The quantitative estimate of drug-likeness (QED) is 0.813. The molecule has 0 unspecified atom stereocenters. The van der Waals surface area contributed by atoms with E-state index in [4.69, 9.17) is 15.5 Å². The molecule has 2 aromatic heterocycles. The third-order valence-corrected chi connectivity index (χ3v) is 5.64. The van der Waals surface area contributed by atoms with Crippen LogP contribution in [0, 0.1) is 5.92 Å². The maximum absolute atomic E-state index is 10.9. The number of ether oxygens (including phenoxy) is 1. The van der Waals surface area contributed by atoms with Crippen LogP contribution in [0.25, 0.3) is 10.9 Å². The van der Waals surface area contributed by atoms with Crippen molar-refractivity contribution in [2.45, 2.75) is 50.5 Å². The molecule has 0 radical (unpaired) electrons. The molecule has 2 fully saturated rings. The van der Waals surface area contributed by atoms with E-state index in [2.05, 4.69) is 15.3 Å². The Labute approximate surface area is 152 Å². The summed E-state index contributed by atoms with van der Waals surface area (Å²) in [5, 5.41) is 4.25. The van der Waals surface area contributed by atoms with Gasteiger partial charge in [0.25, 0.3) is 0 Å². The molecule has 1 aliphatic carbocycles. The summed E-state index contributed by atoms with van der Waals surface area (Å²) in [6.07, 6.45) is 10.5. The topological polar surface area (TPSA) is 103 Å². The number of hydrogen-bond donors (Lipinski definition) is 2. The van der Waals surface area contributed by atoms with E-state index in [-0.39, 0.29) is 5.92 Å². The lowest BCUT2D eigenvalue weighted by Crippen LogP contribution is -2.27. The molecule has 3 N–H and O–H groups in total. The van der Waals surface area contributed by atoms with Crippen LogP contribution in [0.4, 0.5) is 11.8 Å². The number of carbonyl (C=O) groups is 1. The Hall–Kier alpha value is -2.28. The average molecular weight is 355 g/mol. The number of aromatic nitrogens is 3. The number of nitrogen functional groups attached to an aromatic ring is 1. The van der Waals surface area contributed by atoms with Gasteiger partial charge in [0.1, 0.15) is 12.1 Å². The molecule has 0 amide bonds. The van der Waals surface area contributed by atoms with Crippen molar-refractivity contribution < 1.29 is 9.53 Å². The van der Waals surface area contributed by atoms with Gasteiger partial charge in [-0.15, -0.1) is 0 Å². The standard InChI is InChI=1S/C19H25N5O2/c20-18-16-10-22-19(23-14-3-1-12(11-25)2-4-14)24-17(16)15(9-21-18)13-5-7-26-8-6-13/h9-14H,1-8H2,(H2,20,21)(H,22,23,24)/t12-,14-. The first-order valence-corrected chi connectivity index (χ1v) is 9.45. The lowest BCUT2D eigenvalue weighted by atomic mass is 9.87. The number of fused-ring (bicyclic) bond motifs is 1. The molecule has 26 heavy (non-hydrogen) atoms. The summed E-state index contributed by atoms with van der Waals surface area (Å²) in [6, 6.07) is 0.314. The number of hydrogen-bond acceptors (Lipinski definition) is 7. The van der Waals surface area contributed by atoms with E-state index in [0.717, 1.165) is 74.5 Å². The molecule has 0 spiro atoms. The lowest BCUT2D eigenvalue weighted by Gasteiger charge is -2.26. The SMILES string of the molecule is Nc1ncc(C2CCOCC2)c2nc(N[C@H]3CC[C@H](C=O)CC3)ncc12. The van der Waals surface area contributed by atoms with Crippen molar-refractivity contribution in [3.8, 4) is 0 Å². The van der Waals surface area contributed by atoms with Gasteiger partial charge in [0.05, 0.1) is 10.9 Å². The van der Waals surface area contributed by atoms with Crippen LogP contribution in [0.3, 0.4) is 0 Å². The number of carbonyl (C=O) groups excluding carboxylic acids is 1. The fraction of sp³-hybridized carbons (Fsp3) is 0.579. The van der Waals surface area contributed by atoms with Crippen LogP contribution >= 0.6 is 0 Å². The second-order valence-corrected chi connectivity index (χ2v) is 7.33. The maximum Gasteiger partial charge on any atom is 0.223 e. The molecular formula is C19H25N5O2. The highest BCUT2D eigenvalue weighted by molar-refractivity contribution is 5.90. The van der Waals surface area contributed by atoms with Gasteiger partial charge >= 0.3 is 0 Å². The molecule has 4 rings (SSSR count). The van der Waals surface area contributed by atoms with Crippen molar-refractivity contribution in [1.29, 1.82) is 0 Å². The van der Waals surface area contributed by atoms with Crippen molar-refractivity contribution >= 4 is 29.0 Å². The number of anilines is 2. The predicted octanol–water partition coefficient (Wildman–Crippen LogP) is 2.67. The highest BCUT2D eigenvalue weighted by Crippen LogP contribution is 2.33. The summed E-state index contributed by atoms with van der Waals surface area (Å²) in [7, 11) is 0. The molecule has 0 aromatic carbocycles. The highest BCUT2D eigenvalue weighted by Gasteiger charge is 2.23. The smallest absolute Gasteiger partial charge is 0.223 e. The second kappa shape index (κ2) is 7.53. The van der Waals surface area contributed by atoms with Crippen molar-refractivity contribution in [3.63, 3.8) is 0 Å². The van der Waals surface area contributed by atoms with Crippen LogP contribution in [0.1, 0.15) is 50.0 Å². The number of nitrogens with one attached hydrogen (secondary N) is 1. The molecule has 0 bridgehead atoms.